The molecule has 8 heteroatoms. The van der Waals surface area contributed by atoms with Gasteiger partial charge in [0.05, 0.1) is 16.1 Å². The number of para-hydroxylation sites is 1. The van der Waals surface area contributed by atoms with Crippen molar-refractivity contribution in [2.45, 2.75) is 0 Å². The maximum absolute atomic E-state index is 12.7. The van der Waals surface area contributed by atoms with Crippen LogP contribution in [0.3, 0.4) is 0 Å². The average molecular weight is 407 g/mol. The molecule has 1 fully saturated rings. The average Bonchev–Trinajstić information content (AvgIpc) is 2.95. The fraction of sp³-hybridized carbons (Fsp3) is 0. The van der Waals surface area contributed by atoms with Crippen molar-refractivity contribution in [1.82, 2.24) is 15.4 Å². The van der Waals surface area contributed by atoms with Gasteiger partial charge in [0.2, 0.25) is 0 Å². The number of benzene rings is 2. The number of hydrazine groups is 1. The lowest BCUT2D eigenvalue weighted by Crippen LogP contribution is -2.44. The van der Waals surface area contributed by atoms with Gasteiger partial charge < -0.3 is 5.11 Å². The van der Waals surface area contributed by atoms with Crippen LogP contribution in [0.15, 0.2) is 65.6 Å². The lowest BCUT2D eigenvalue weighted by molar-refractivity contribution is -0.123. The van der Waals surface area contributed by atoms with E-state index < -0.39 is 11.8 Å². The zero-order valence-electron chi connectivity index (χ0n) is 14.3. The fourth-order valence-electron chi connectivity index (χ4n) is 2.64. The summed E-state index contributed by atoms with van der Waals surface area (Å²) in [4.78, 5) is 29.9. The number of thioether (sulfide) groups is 1. The van der Waals surface area contributed by atoms with Gasteiger partial charge in [-0.2, -0.15) is 5.01 Å². The Balaban J connectivity index is 1.55. The van der Waals surface area contributed by atoms with Crippen LogP contribution in [-0.4, -0.2) is 31.2 Å². The molecule has 4 rings (SSSR count). The molecule has 2 amide bonds. The first-order valence-electron chi connectivity index (χ1n) is 8.25. The number of carbonyl (C=O) groups is 2. The molecule has 0 bridgehead atoms. The minimum atomic E-state index is -0.499. The molecule has 0 unspecified atom stereocenters. The van der Waals surface area contributed by atoms with Crippen molar-refractivity contribution in [3.05, 3.63) is 76.8 Å². The molecule has 138 valence electrons. The Labute approximate surface area is 169 Å². The van der Waals surface area contributed by atoms with Crippen LogP contribution in [0.5, 0.6) is 5.75 Å². The largest absolute Gasteiger partial charge is 0.508 e. The standard InChI is InChI=1S/C20H13N3O3S2/c24-15-9-6-13(7-10-15)18(25)22-23-19(26)17(28-20(23)27)11-14-8-5-12-3-1-2-4-16(12)21-14/h1-11,24H,(H,22,25)/b17-11-. The molecule has 0 aliphatic carbocycles. The van der Waals surface area contributed by atoms with Crippen molar-refractivity contribution < 1.29 is 14.7 Å². The monoisotopic (exact) mass is 407 g/mol. The van der Waals surface area contributed by atoms with Crippen molar-refractivity contribution in [3.63, 3.8) is 0 Å². The molecule has 3 aromatic rings. The zero-order valence-corrected chi connectivity index (χ0v) is 16.0. The van der Waals surface area contributed by atoms with Gasteiger partial charge in [0.15, 0.2) is 4.32 Å². The highest BCUT2D eigenvalue weighted by Crippen LogP contribution is 2.31. The summed E-state index contributed by atoms with van der Waals surface area (Å²) < 4.78 is 0.226. The van der Waals surface area contributed by atoms with Crippen LogP contribution in [0.4, 0.5) is 0 Å². The van der Waals surface area contributed by atoms with Gasteiger partial charge in [0.25, 0.3) is 11.8 Å². The van der Waals surface area contributed by atoms with Gasteiger partial charge in [-0.25, -0.2) is 4.98 Å². The smallest absolute Gasteiger partial charge is 0.285 e. The number of pyridine rings is 1. The molecule has 1 saturated heterocycles. The third-order valence-corrected chi connectivity index (χ3v) is 5.34. The van der Waals surface area contributed by atoms with Gasteiger partial charge in [-0.1, -0.05) is 36.0 Å². The maximum atomic E-state index is 12.7. The van der Waals surface area contributed by atoms with Crippen molar-refractivity contribution in [2.24, 2.45) is 0 Å². The van der Waals surface area contributed by atoms with Crippen LogP contribution in [-0.2, 0) is 4.79 Å². The molecule has 0 saturated carbocycles. The summed E-state index contributed by atoms with van der Waals surface area (Å²) in [7, 11) is 0. The fourth-order valence-corrected chi connectivity index (χ4v) is 3.80. The normalized spacial score (nSPS) is 15.4. The van der Waals surface area contributed by atoms with E-state index in [-0.39, 0.29) is 10.1 Å². The van der Waals surface area contributed by atoms with Gasteiger partial charge in [0.1, 0.15) is 5.75 Å². The van der Waals surface area contributed by atoms with Crippen molar-refractivity contribution >= 4 is 57.1 Å². The first kappa shape index (κ1) is 18.1. The van der Waals surface area contributed by atoms with Crippen molar-refractivity contribution in [1.29, 1.82) is 0 Å². The SMILES string of the molecule is O=C(NN1C(=O)/C(=C/c2ccc3ccccc3n2)SC1=S)c1ccc(O)cc1. The lowest BCUT2D eigenvalue weighted by Gasteiger charge is -2.15. The molecule has 2 aromatic carbocycles. The summed E-state index contributed by atoms with van der Waals surface area (Å²) in [6, 6.07) is 17.2. The Morgan fingerprint density at radius 3 is 2.64 bits per heavy atom. The summed E-state index contributed by atoms with van der Waals surface area (Å²) in [6.07, 6.45) is 1.65. The van der Waals surface area contributed by atoms with E-state index in [1.807, 2.05) is 36.4 Å². The Morgan fingerprint density at radius 1 is 1.11 bits per heavy atom. The number of aromatic nitrogens is 1. The second-order valence-electron chi connectivity index (χ2n) is 5.93. The lowest BCUT2D eigenvalue weighted by atomic mass is 10.2. The molecule has 2 N–H and O–H groups in total. The number of phenols is 1. The van der Waals surface area contributed by atoms with Crippen LogP contribution in [0.1, 0.15) is 16.1 Å². The van der Waals surface area contributed by atoms with E-state index in [1.165, 1.54) is 24.3 Å². The van der Waals surface area contributed by atoms with Crippen LogP contribution < -0.4 is 5.43 Å². The summed E-state index contributed by atoms with van der Waals surface area (Å²) in [5.41, 5.74) is 4.25. The van der Waals surface area contributed by atoms with E-state index in [0.29, 0.717) is 16.2 Å². The van der Waals surface area contributed by atoms with E-state index in [1.54, 1.807) is 6.08 Å². The number of rotatable bonds is 3. The molecule has 0 radical (unpaired) electrons. The third kappa shape index (κ3) is 3.60. The molecule has 1 aliphatic rings. The summed E-state index contributed by atoms with van der Waals surface area (Å²) in [5.74, 6) is -0.869. The van der Waals surface area contributed by atoms with E-state index in [9.17, 15) is 14.7 Å². The first-order chi connectivity index (χ1) is 13.5. The van der Waals surface area contributed by atoms with Crippen LogP contribution in [0.2, 0.25) is 0 Å². The van der Waals surface area contributed by atoms with Gasteiger partial charge >= 0.3 is 0 Å². The number of fused-ring (bicyclic) bond motifs is 1. The van der Waals surface area contributed by atoms with E-state index >= 15 is 0 Å². The topological polar surface area (TPSA) is 82.5 Å². The highest BCUT2D eigenvalue weighted by Gasteiger charge is 2.33. The Bertz CT molecular complexity index is 1140. The number of phenolic OH excluding ortho intramolecular Hbond substituents is 1. The number of aromatic hydroxyl groups is 1. The molecule has 6 nitrogen and oxygen atoms in total. The van der Waals surface area contributed by atoms with Crippen molar-refractivity contribution in [2.75, 3.05) is 0 Å². The Hall–Kier alpha value is -3.23. The summed E-state index contributed by atoms with van der Waals surface area (Å²) in [6.45, 7) is 0. The number of nitrogens with one attached hydrogen (secondary N) is 1. The molecular weight excluding hydrogens is 394 g/mol. The molecular formula is C20H13N3O3S2. The van der Waals surface area contributed by atoms with E-state index in [2.05, 4.69) is 10.4 Å². The summed E-state index contributed by atoms with van der Waals surface area (Å²) >= 11 is 6.32. The highest BCUT2D eigenvalue weighted by atomic mass is 32.2. The predicted octanol–water partition coefficient (Wildman–Crippen LogP) is 3.49. The van der Waals surface area contributed by atoms with Gasteiger partial charge in [-0.05, 0) is 54.7 Å². The van der Waals surface area contributed by atoms with Crippen LogP contribution in [0.25, 0.3) is 17.0 Å². The van der Waals surface area contributed by atoms with Gasteiger partial charge in [-0.3, -0.25) is 15.0 Å². The molecule has 28 heavy (non-hydrogen) atoms. The number of hydrogen-bond donors (Lipinski definition) is 2. The minimum absolute atomic E-state index is 0.0491. The third-order valence-electron chi connectivity index (χ3n) is 4.04. The van der Waals surface area contributed by atoms with Gasteiger partial charge in [0, 0.05) is 10.9 Å². The minimum Gasteiger partial charge on any atom is -0.508 e. The zero-order chi connectivity index (χ0) is 19.7. The molecule has 1 aliphatic heterocycles. The highest BCUT2D eigenvalue weighted by molar-refractivity contribution is 8.26. The quantitative estimate of drug-likeness (QED) is 0.511. The molecule has 2 heterocycles. The predicted molar refractivity (Wildman–Crippen MR) is 112 cm³/mol. The number of carbonyl (C=O) groups excluding carboxylic acids is 2. The Morgan fingerprint density at radius 2 is 1.86 bits per heavy atom. The van der Waals surface area contributed by atoms with Crippen LogP contribution >= 0.6 is 24.0 Å². The van der Waals surface area contributed by atoms with Crippen LogP contribution in [0, 0.1) is 0 Å². The second-order valence-corrected chi connectivity index (χ2v) is 7.61. The number of nitrogens with zero attached hydrogens (tertiary/aromatic N) is 2. The maximum Gasteiger partial charge on any atom is 0.285 e. The Kier molecular flexibility index (Phi) is 4.81. The van der Waals surface area contributed by atoms with Gasteiger partial charge in [-0.15, -0.1) is 0 Å². The second kappa shape index (κ2) is 7.41. The number of thiocarbonyl (C=S) groups is 1. The molecule has 0 spiro atoms. The number of hydrogen-bond acceptors (Lipinski definition) is 6. The summed E-state index contributed by atoms with van der Waals surface area (Å²) in [5, 5.41) is 11.4. The number of amides is 2. The molecule has 0 atom stereocenters. The van der Waals surface area contributed by atoms with E-state index in [0.717, 1.165) is 27.7 Å². The van der Waals surface area contributed by atoms with Crippen molar-refractivity contribution in [3.8, 4) is 5.75 Å². The first-order valence-corrected chi connectivity index (χ1v) is 9.47. The van der Waals surface area contributed by atoms with E-state index in [4.69, 9.17) is 12.2 Å². The molecule has 1 aromatic heterocycles.